The third-order valence-electron chi connectivity index (χ3n) is 4.18. The predicted octanol–water partition coefficient (Wildman–Crippen LogP) is 2.38. The lowest BCUT2D eigenvalue weighted by Crippen LogP contribution is -2.30. The summed E-state index contributed by atoms with van der Waals surface area (Å²) in [6.45, 7) is 2.70. The number of hydrogen-bond acceptors (Lipinski definition) is 4. The minimum atomic E-state index is -0.365. The van der Waals surface area contributed by atoms with Gasteiger partial charge < -0.3 is 15.5 Å². The van der Waals surface area contributed by atoms with E-state index in [2.05, 4.69) is 20.9 Å². The Morgan fingerprint density at radius 1 is 1.23 bits per heavy atom. The molecular weight excluding hydrogens is 356 g/mol. The highest BCUT2D eigenvalue weighted by Gasteiger charge is 2.20. The van der Waals surface area contributed by atoms with Crippen LogP contribution >= 0.6 is 11.6 Å². The van der Waals surface area contributed by atoms with E-state index in [1.807, 2.05) is 4.90 Å². The van der Waals surface area contributed by atoms with Gasteiger partial charge in [0.05, 0.1) is 16.9 Å². The molecule has 0 spiro atoms. The average molecular weight is 377 g/mol. The van der Waals surface area contributed by atoms with Crippen molar-refractivity contribution < 1.29 is 9.59 Å². The Bertz CT molecular complexity index is 759. The van der Waals surface area contributed by atoms with Crippen LogP contribution in [0.4, 0.5) is 10.5 Å². The van der Waals surface area contributed by atoms with E-state index in [1.54, 1.807) is 35.3 Å². The number of carbonyl (C=O) groups is 2. The summed E-state index contributed by atoms with van der Waals surface area (Å²) in [4.78, 5) is 26.3. The third kappa shape index (κ3) is 4.72. The van der Waals surface area contributed by atoms with E-state index in [4.69, 9.17) is 11.6 Å². The van der Waals surface area contributed by atoms with E-state index >= 15 is 0 Å². The van der Waals surface area contributed by atoms with Gasteiger partial charge in [-0.25, -0.2) is 4.79 Å². The SMILES string of the molecule is O=C(NCCCn1ccnn1)Nc1cc(C(=O)N2CCCC2)ccc1Cl. The zero-order valence-corrected chi connectivity index (χ0v) is 15.1. The highest BCUT2D eigenvalue weighted by atomic mass is 35.5. The van der Waals surface area contributed by atoms with E-state index in [-0.39, 0.29) is 11.9 Å². The van der Waals surface area contributed by atoms with Gasteiger partial charge in [-0.3, -0.25) is 9.48 Å². The topological polar surface area (TPSA) is 92.1 Å². The minimum absolute atomic E-state index is 0.0320. The van der Waals surface area contributed by atoms with Crippen molar-refractivity contribution in [3.8, 4) is 0 Å². The van der Waals surface area contributed by atoms with E-state index < -0.39 is 0 Å². The van der Waals surface area contributed by atoms with Crippen LogP contribution < -0.4 is 10.6 Å². The quantitative estimate of drug-likeness (QED) is 0.757. The Morgan fingerprint density at radius 3 is 2.77 bits per heavy atom. The van der Waals surface area contributed by atoms with Crippen LogP contribution in [-0.4, -0.2) is 51.5 Å². The lowest BCUT2D eigenvalue weighted by Gasteiger charge is -2.16. The molecule has 1 aliphatic rings. The van der Waals surface area contributed by atoms with Gasteiger partial charge in [0.25, 0.3) is 5.91 Å². The van der Waals surface area contributed by atoms with Crippen LogP contribution in [0.5, 0.6) is 0 Å². The van der Waals surface area contributed by atoms with Crippen molar-refractivity contribution in [2.75, 3.05) is 25.0 Å². The highest BCUT2D eigenvalue weighted by Crippen LogP contribution is 2.24. The summed E-state index contributed by atoms with van der Waals surface area (Å²) in [5.74, 6) is -0.0320. The second kappa shape index (κ2) is 8.66. The molecule has 0 radical (unpaired) electrons. The van der Waals surface area contributed by atoms with Gasteiger partial charge in [-0.1, -0.05) is 16.8 Å². The number of nitrogens with zero attached hydrogens (tertiary/aromatic N) is 4. The van der Waals surface area contributed by atoms with Gasteiger partial charge in [0.1, 0.15) is 0 Å². The molecule has 2 heterocycles. The molecule has 1 aliphatic heterocycles. The van der Waals surface area contributed by atoms with Crippen molar-refractivity contribution in [3.05, 3.63) is 41.2 Å². The number of nitrogens with one attached hydrogen (secondary N) is 2. The number of benzene rings is 1. The smallest absolute Gasteiger partial charge is 0.319 e. The van der Waals surface area contributed by atoms with Gasteiger partial charge >= 0.3 is 6.03 Å². The van der Waals surface area contributed by atoms with Crippen molar-refractivity contribution in [1.29, 1.82) is 0 Å². The van der Waals surface area contributed by atoms with Crippen molar-refractivity contribution >= 4 is 29.2 Å². The standard InChI is InChI=1S/C17H21ClN6O2/c18-14-5-4-13(16(25)23-8-1-2-9-23)12-15(14)21-17(26)19-6-3-10-24-11-7-20-22-24/h4-5,7,11-12H,1-3,6,8-10H2,(H2,19,21,26). The summed E-state index contributed by atoms with van der Waals surface area (Å²) in [6.07, 6.45) is 6.15. The van der Waals surface area contributed by atoms with Crippen LogP contribution in [0.3, 0.4) is 0 Å². The highest BCUT2D eigenvalue weighted by molar-refractivity contribution is 6.33. The van der Waals surface area contributed by atoms with E-state index in [0.717, 1.165) is 32.4 Å². The number of carbonyl (C=O) groups excluding carboxylic acids is 2. The van der Waals surface area contributed by atoms with E-state index in [0.29, 0.717) is 29.4 Å². The van der Waals surface area contributed by atoms with Gasteiger partial charge in [0.15, 0.2) is 0 Å². The molecule has 1 aromatic carbocycles. The normalized spacial score (nSPS) is 13.7. The maximum Gasteiger partial charge on any atom is 0.319 e. The maximum absolute atomic E-state index is 12.5. The van der Waals surface area contributed by atoms with Crippen LogP contribution in [-0.2, 0) is 6.54 Å². The second-order valence-corrected chi connectivity index (χ2v) is 6.50. The zero-order valence-electron chi connectivity index (χ0n) is 14.3. The molecule has 3 rings (SSSR count). The van der Waals surface area contributed by atoms with E-state index in [1.165, 1.54) is 0 Å². The summed E-state index contributed by atoms with van der Waals surface area (Å²) in [5, 5.41) is 13.4. The number of amides is 3. The molecule has 26 heavy (non-hydrogen) atoms. The largest absolute Gasteiger partial charge is 0.339 e. The monoisotopic (exact) mass is 376 g/mol. The number of hydrogen-bond donors (Lipinski definition) is 2. The molecule has 2 N–H and O–H groups in total. The van der Waals surface area contributed by atoms with Crippen molar-refractivity contribution in [2.45, 2.75) is 25.8 Å². The number of likely N-dealkylation sites (tertiary alicyclic amines) is 1. The van der Waals surface area contributed by atoms with Crippen LogP contribution in [0.25, 0.3) is 0 Å². The van der Waals surface area contributed by atoms with Crippen LogP contribution in [0.1, 0.15) is 29.6 Å². The fraction of sp³-hybridized carbons (Fsp3) is 0.412. The summed E-state index contributed by atoms with van der Waals surface area (Å²) < 4.78 is 1.70. The molecule has 1 fully saturated rings. The van der Waals surface area contributed by atoms with Crippen LogP contribution in [0.2, 0.25) is 5.02 Å². The Hall–Kier alpha value is -2.61. The first-order valence-electron chi connectivity index (χ1n) is 8.61. The molecule has 3 amide bonds. The first-order chi connectivity index (χ1) is 12.6. The lowest BCUT2D eigenvalue weighted by atomic mass is 10.1. The number of aromatic nitrogens is 3. The zero-order chi connectivity index (χ0) is 18.4. The average Bonchev–Trinajstić information content (AvgIpc) is 3.34. The Morgan fingerprint density at radius 2 is 2.04 bits per heavy atom. The molecule has 2 aromatic rings. The molecule has 0 bridgehead atoms. The maximum atomic E-state index is 12.5. The van der Waals surface area contributed by atoms with Crippen LogP contribution in [0, 0.1) is 0 Å². The van der Waals surface area contributed by atoms with Gasteiger partial charge in [0, 0.05) is 37.9 Å². The molecule has 1 aromatic heterocycles. The fourth-order valence-electron chi connectivity index (χ4n) is 2.82. The molecule has 0 unspecified atom stereocenters. The van der Waals surface area contributed by atoms with Gasteiger partial charge in [0.2, 0.25) is 0 Å². The Labute approximate surface area is 156 Å². The number of aryl methyl sites for hydroxylation is 1. The van der Waals surface area contributed by atoms with Gasteiger partial charge in [-0.2, -0.15) is 0 Å². The predicted molar refractivity (Wildman–Crippen MR) is 98.2 cm³/mol. The van der Waals surface area contributed by atoms with Gasteiger partial charge in [-0.05, 0) is 37.5 Å². The van der Waals surface area contributed by atoms with Crippen molar-refractivity contribution in [3.63, 3.8) is 0 Å². The number of rotatable bonds is 6. The first kappa shape index (κ1) is 18.2. The molecule has 138 valence electrons. The van der Waals surface area contributed by atoms with Gasteiger partial charge in [-0.15, -0.1) is 5.10 Å². The molecule has 0 aliphatic carbocycles. The Kier molecular flexibility index (Phi) is 6.06. The molecule has 8 nitrogen and oxygen atoms in total. The lowest BCUT2D eigenvalue weighted by molar-refractivity contribution is 0.0793. The molecule has 1 saturated heterocycles. The molecule has 0 saturated carbocycles. The number of anilines is 1. The summed E-state index contributed by atoms with van der Waals surface area (Å²) in [7, 11) is 0. The first-order valence-corrected chi connectivity index (χ1v) is 8.99. The van der Waals surface area contributed by atoms with Crippen LogP contribution in [0.15, 0.2) is 30.6 Å². The summed E-state index contributed by atoms with van der Waals surface area (Å²) in [6, 6.07) is 4.57. The molecule has 9 heteroatoms. The summed E-state index contributed by atoms with van der Waals surface area (Å²) in [5.41, 5.74) is 0.947. The fourth-order valence-corrected chi connectivity index (χ4v) is 2.98. The second-order valence-electron chi connectivity index (χ2n) is 6.09. The molecule has 0 atom stereocenters. The number of urea groups is 1. The van der Waals surface area contributed by atoms with Crippen molar-refractivity contribution in [2.24, 2.45) is 0 Å². The Balaban J connectivity index is 1.52. The summed E-state index contributed by atoms with van der Waals surface area (Å²) >= 11 is 6.15. The molecular formula is C17H21ClN6O2. The number of halogens is 1. The third-order valence-corrected chi connectivity index (χ3v) is 4.51. The van der Waals surface area contributed by atoms with E-state index in [9.17, 15) is 9.59 Å². The minimum Gasteiger partial charge on any atom is -0.339 e. The van der Waals surface area contributed by atoms with Crippen molar-refractivity contribution in [1.82, 2.24) is 25.2 Å².